The maximum absolute atomic E-state index is 13.1. The summed E-state index contributed by atoms with van der Waals surface area (Å²) >= 11 is 0. The Morgan fingerprint density at radius 3 is 2.58 bits per heavy atom. The van der Waals surface area contributed by atoms with Gasteiger partial charge in [0.25, 0.3) is 0 Å². The van der Waals surface area contributed by atoms with Crippen LogP contribution in [0, 0.1) is 5.92 Å². The maximum atomic E-state index is 13.1. The molecule has 0 radical (unpaired) electrons. The molecule has 6 heteroatoms. The molecule has 3 heterocycles. The molecule has 3 aliphatic heterocycles. The Bertz CT molecular complexity index is 437. The third-order valence-electron chi connectivity index (χ3n) is 6.46. The van der Waals surface area contributed by atoms with Gasteiger partial charge in [0, 0.05) is 45.4 Å². The Labute approximate surface area is 146 Å². The molecule has 0 aromatic rings. The third-order valence-corrected chi connectivity index (χ3v) is 6.46. The highest BCUT2D eigenvalue weighted by atomic mass is 16.5. The van der Waals surface area contributed by atoms with E-state index in [0.29, 0.717) is 5.91 Å². The highest BCUT2D eigenvalue weighted by Crippen LogP contribution is 2.32. The number of piperazine rings is 1. The van der Waals surface area contributed by atoms with Crippen LogP contribution in [0.1, 0.15) is 19.3 Å². The number of carbonyl (C=O) groups is 1. The summed E-state index contributed by atoms with van der Waals surface area (Å²) in [5, 5.41) is 0. The van der Waals surface area contributed by atoms with Crippen LogP contribution in [0.25, 0.3) is 0 Å². The Hall–Kier alpha value is -0.690. The number of likely N-dealkylation sites (N-methyl/N-ethyl adjacent to an activating group) is 1. The molecule has 3 aliphatic rings. The van der Waals surface area contributed by atoms with Crippen LogP contribution in [0.3, 0.4) is 0 Å². The zero-order valence-electron chi connectivity index (χ0n) is 15.7. The predicted octanol–water partition coefficient (Wildman–Crippen LogP) is 0.193. The average Bonchev–Trinajstić information content (AvgIpc) is 3.06. The summed E-state index contributed by atoms with van der Waals surface area (Å²) < 4.78 is 5.16. The molecule has 1 unspecified atom stereocenters. The molecule has 138 valence electrons. The van der Waals surface area contributed by atoms with E-state index in [1.54, 1.807) is 7.11 Å². The molecule has 6 nitrogen and oxygen atoms in total. The van der Waals surface area contributed by atoms with E-state index in [9.17, 15) is 4.79 Å². The van der Waals surface area contributed by atoms with E-state index >= 15 is 0 Å². The van der Waals surface area contributed by atoms with Gasteiger partial charge in [-0.25, -0.2) is 0 Å². The number of likely N-dealkylation sites (tertiary alicyclic amines) is 2. The van der Waals surface area contributed by atoms with Gasteiger partial charge in [0.2, 0.25) is 5.91 Å². The van der Waals surface area contributed by atoms with Crippen LogP contribution in [-0.4, -0.2) is 111 Å². The summed E-state index contributed by atoms with van der Waals surface area (Å²) in [4.78, 5) is 22.5. The molecule has 3 saturated heterocycles. The van der Waals surface area contributed by atoms with Crippen molar-refractivity contribution in [1.82, 2.24) is 19.6 Å². The summed E-state index contributed by atoms with van der Waals surface area (Å²) in [5.74, 6) is 0.579. The summed E-state index contributed by atoms with van der Waals surface area (Å²) in [6.45, 7) is 8.74. The van der Waals surface area contributed by atoms with E-state index in [1.165, 1.54) is 12.8 Å². The average molecular weight is 338 g/mol. The fourth-order valence-electron chi connectivity index (χ4n) is 4.54. The van der Waals surface area contributed by atoms with Gasteiger partial charge < -0.3 is 19.4 Å². The smallest absolute Gasteiger partial charge is 0.227 e. The monoisotopic (exact) mass is 338 g/mol. The van der Waals surface area contributed by atoms with Crippen molar-refractivity contribution in [1.29, 1.82) is 0 Å². The molecule has 1 amide bonds. The van der Waals surface area contributed by atoms with Crippen LogP contribution in [0.2, 0.25) is 0 Å². The van der Waals surface area contributed by atoms with Crippen LogP contribution in [-0.2, 0) is 9.53 Å². The number of amides is 1. The number of hydrogen-bond donors (Lipinski definition) is 0. The van der Waals surface area contributed by atoms with Crippen LogP contribution in [0.5, 0.6) is 0 Å². The number of hydrogen-bond acceptors (Lipinski definition) is 5. The highest BCUT2D eigenvalue weighted by molar-refractivity contribution is 5.79. The number of ether oxygens (including phenoxy) is 1. The molecule has 0 N–H and O–H groups in total. The summed E-state index contributed by atoms with van der Waals surface area (Å²) in [5.41, 5.74) is 0.203. The van der Waals surface area contributed by atoms with Crippen LogP contribution < -0.4 is 0 Å². The van der Waals surface area contributed by atoms with Crippen molar-refractivity contribution >= 4 is 5.91 Å². The number of methoxy groups -OCH3 is 1. The lowest BCUT2D eigenvalue weighted by Crippen LogP contribution is -2.65. The van der Waals surface area contributed by atoms with E-state index in [2.05, 4.69) is 33.7 Å². The first-order chi connectivity index (χ1) is 11.5. The lowest BCUT2D eigenvalue weighted by molar-refractivity contribution is -0.141. The third kappa shape index (κ3) is 3.77. The minimum atomic E-state index is 0.188. The van der Waals surface area contributed by atoms with Gasteiger partial charge in [-0.15, -0.1) is 0 Å². The topological polar surface area (TPSA) is 39.3 Å². The standard InChI is InChI=1S/C18H34N4O2/c1-19-8-5-18(6-9-19)15-22(11-10-20(18)2)17(23)16-4-7-21(14-16)12-13-24-3/h16H,4-15H2,1-3H3. The fourth-order valence-corrected chi connectivity index (χ4v) is 4.54. The quantitative estimate of drug-likeness (QED) is 0.732. The molecule has 0 aromatic heterocycles. The van der Waals surface area contributed by atoms with Crippen LogP contribution in [0.15, 0.2) is 0 Å². The van der Waals surface area contributed by atoms with Gasteiger partial charge in [-0.1, -0.05) is 0 Å². The maximum Gasteiger partial charge on any atom is 0.227 e. The van der Waals surface area contributed by atoms with E-state index in [1.807, 2.05) is 0 Å². The highest BCUT2D eigenvalue weighted by Gasteiger charge is 2.44. The van der Waals surface area contributed by atoms with Crippen molar-refractivity contribution in [3.63, 3.8) is 0 Å². The molecule has 3 fully saturated rings. The van der Waals surface area contributed by atoms with Gasteiger partial charge >= 0.3 is 0 Å². The Kier molecular flexibility index (Phi) is 5.80. The molecule has 0 saturated carbocycles. The van der Waals surface area contributed by atoms with E-state index in [0.717, 1.165) is 65.4 Å². The van der Waals surface area contributed by atoms with Crippen molar-refractivity contribution in [2.75, 3.05) is 80.2 Å². The van der Waals surface area contributed by atoms with Crippen LogP contribution >= 0.6 is 0 Å². The minimum absolute atomic E-state index is 0.188. The molecule has 0 aliphatic carbocycles. The number of rotatable bonds is 4. The number of piperidine rings is 1. The Balaban J connectivity index is 1.58. The van der Waals surface area contributed by atoms with E-state index < -0.39 is 0 Å². The van der Waals surface area contributed by atoms with E-state index in [4.69, 9.17) is 4.74 Å². The molecule has 1 spiro atoms. The first-order valence-corrected chi connectivity index (χ1v) is 9.44. The zero-order chi connectivity index (χ0) is 17.2. The number of nitrogens with zero attached hydrogens (tertiary/aromatic N) is 4. The van der Waals surface area contributed by atoms with Gasteiger partial charge in [-0.05, 0) is 53.0 Å². The SMILES string of the molecule is COCCN1CCC(C(=O)N2CCN(C)C3(CCN(C)CC3)C2)C1. The second kappa shape index (κ2) is 7.68. The van der Waals surface area contributed by atoms with Gasteiger partial charge in [-0.3, -0.25) is 9.69 Å². The molecule has 3 rings (SSSR count). The molecular formula is C18H34N4O2. The first kappa shape index (κ1) is 18.1. The number of carbonyl (C=O) groups excluding carboxylic acids is 1. The lowest BCUT2D eigenvalue weighted by Gasteiger charge is -2.53. The zero-order valence-corrected chi connectivity index (χ0v) is 15.7. The van der Waals surface area contributed by atoms with Crippen molar-refractivity contribution in [2.24, 2.45) is 5.92 Å². The molecule has 0 bridgehead atoms. The second-order valence-electron chi connectivity index (χ2n) is 7.99. The van der Waals surface area contributed by atoms with Crippen molar-refractivity contribution in [3.8, 4) is 0 Å². The van der Waals surface area contributed by atoms with Gasteiger partial charge in [-0.2, -0.15) is 0 Å². The van der Waals surface area contributed by atoms with Gasteiger partial charge in [0.15, 0.2) is 0 Å². The van der Waals surface area contributed by atoms with Crippen LogP contribution in [0.4, 0.5) is 0 Å². The molecule has 0 aromatic carbocycles. The first-order valence-electron chi connectivity index (χ1n) is 9.44. The molecular weight excluding hydrogens is 304 g/mol. The van der Waals surface area contributed by atoms with E-state index in [-0.39, 0.29) is 11.5 Å². The summed E-state index contributed by atoms with van der Waals surface area (Å²) in [7, 11) is 6.19. The summed E-state index contributed by atoms with van der Waals surface area (Å²) in [6.07, 6.45) is 3.35. The second-order valence-corrected chi connectivity index (χ2v) is 7.99. The lowest BCUT2D eigenvalue weighted by atomic mass is 9.83. The van der Waals surface area contributed by atoms with Gasteiger partial charge in [0.1, 0.15) is 0 Å². The Morgan fingerprint density at radius 1 is 1.12 bits per heavy atom. The minimum Gasteiger partial charge on any atom is -0.383 e. The van der Waals surface area contributed by atoms with Crippen molar-refractivity contribution in [3.05, 3.63) is 0 Å². The summed E-state index contributed by atoms with van der Waals surface area (Å²) in [6, 6.07) is 0. The fraction of sp³-hybridized carbons (Fsp3) is 0.944. The molecule has 1 atom stereocenters. The van der Waals surface area contributed by atoms with Crippen molar-refractivity contribution < 1.29 is 9.53 Å². The Morgan fingerprint density at radius 2 is 1.88 bits per heavy atom. The molecule has 24 heavy (non-hydrogen) atoms. The van der Waals surface area contributed by atoms with Gasteiger partial charge in [0.05, 0.1) is 12.5 Å². The largest absolute Gasteiger partial charge is 0.383 e. The normalized spacial score (nSPS) is 29.5. The predicted molar refractivity (Wildman–Crippen MR) is 95.1 cm³/mol. The van der Waals surface area contributed by atoms with Crippen molar-refractivity contribution in [2.45, 2.75) is 24.8 Å².